The zero-order valence-corrected chi connectivity index (χ0v) is 11.3. The lowest BCUT2D eigenvalue weighted by molar-refractivity contribution is -0.123. The molecule has 2 rings (SSSR count). The summed E-state index contributed by atoms with van der Waals surface area (Å²) in [7, 11) is 0. The number of hydrogen-bond donors (Lipinski definition) is 0. The summed E-state index contributed by atoms with van der Waals surface area (Å²) in [5.41, 5.74) is 0.539. The molecule has 16 heavy (non-hydrogen) atoms. The first kappa shape index (κ1) is 12.1. The minimum atomic E-state index is 0.361. The molecule has 2 fully saturated rings. The molecule has 0 aromatic carbocycles. The second-order valence-corrected chi connectivity index (χ2v) is 6.90. The predicted octanol–water partition coefficient (Wildman–Crippen LogP) is 4.06. The van der Waals surface area contributed by atoms with Gasteiger partial charge in [-0.25, -0.2) is 0 Å². The van der Waals surface area contributed by atoms with Gasteiger partial charge in [0, 0.05) is 5.92 Å². The second kappa shape index (κ2) is 4.16. The molecular formula is C15H26O. The van der Waals surface area contributed by atoms with Crippen molar-refractivity contribution in [2.45, 2.75) is 59.8 Å². The lowest BCUT2D eigenvalue weighted by Crippen LogP contribution is -2.47. The molecule has 1 heteroatoms. The lowest BCUT2D eigenvalue weighted by atomic mass is 9.49. The number of fused-ring (bicyclic) bond motifs is 1. The van der Waals surface area contributed by atoms with Crippen LogP contribution in [0, 0.1) is 29.1 Å². The van der Waals surface area contributed by atoms with E-state index in [1.165, 1.54) is 19.3 Å². The van der Waals surface area contributed by atoms with Crippen molar-refractivity contribution in [2.24, 2.45) is 29.1 Å². The van der Waals surface area contributed by atoms with Gasteiger partial charge in [0.1, 0.15) is 5.78 Å². The monoisotopic (exact) mass is 222 g/mol. The quantitative estimate of drug-likeness (QED) is 0.654. The maximum atomic E-state index is 11.5. The van der Waals surface area contributed by atoms with Crippen LogP contribution in [-0.4, -0.2) is 5.78 Å². The average Bonchev–Trinajstić information content (AvgIpc) is 2.16. The van der Waals surface area contributed by atoms with Gasteiger partial charge >= 0.3 is 0 Å². The molecular weight excluding hydrogens is 196 g/mol. The Kier molecular flexibility index (Phi) is 3.16. The van der Waals surface area contributed by atoms with E-state index < -0.39 is 0 Å². The molecule has 0 N–H and O–H groups in total. The molecule has 0 saturated heterocycles. The molecule has 0 heterocycles. The van der Waals surface area contributed by atoms with Gasteiger partial charge in [-0.15, -0.1) is 0 Å². The molecule has 2 aliphatic carbocycles. The fourth-order valence-electron chi connectivity index (χ4n) is 4.13. The Morgan fingerprint density at radius 3 is 2.31 bits per heavy atom. The van der Waals surface area contributed by atoms with Crippen LogP contribution >= 0.6 is 0 Å². The van der Waals surface area contributed by atoms with Gasteiger partial charge in [0.2, 0.25) is 0 Å². The molecule has 0 radical (unpaired) electrons. The van der Waals surface area contributed by atoms with Gasteiger partial charge in [0.05, 0.1) is 0 Å². The molecule has 0 amide bonds. The first-order valence-corrected chi connectivity index (χ1v) is 6.92. The molecule has 0 bridgehead atoms. The Balaban J connectivity index is 2.04. The van der Waals surface area contributed by atoms with Crippen LogP contribution in [0.5, 0.6) is 0 Å². The average molecular weight is 222 g/mol. The molecule has 2 aliphatic rings. The summed E-state index contributed by atoms with van der Waals surface area (Å²) < 4.78 is 0. The number of carbonyl (C=O) groups is 1. The van der Waals surface area contributed by atoms with Crippen molar-refractivity contribution >= 4 is 5.78 Å². The van der Waals surface area contributed by atoms with Crippen molar-refractivity contribution in [2.75, 3.05) is 0 Å². The summed E-state index contributed by atoms with van der Waals surface area (Å²) in [6, 6.07) is 0. The fourth-order valence-corrected chi connectivity index (χ4v) is 4.13. The van der Waals surface area contributed by atoms with Crippen molar-refractivity contribution in [1.29, 1.82) is 0 Å². The normalized spacial score (nSPS) is 42.5. The van der Waals surface area contributed by atoms with E-state index in [-0.39, 0.29) is 0 Å². The van der Waals surface area contributed by atoms with Crippen LogP contribution in [0.4, 0.5) is 0 Å². The first-order valence-electron chi connectivity index (χ1n) is 6.92. The molecule has 0 aromatic heterocycles. The lowest BCUT2D eigenvalue weighted by Gasteiger charge is -2.55. The molecule has 0 unspecified atom stereocenters. The van der Waals surface area contributed by atoms with Crippen molar-refractivity contribution in [3.8, 4) is 0 Å². The van der Waals surface area contributed by atoms with Crippen molar-refractivity contribution in [1.82, 2.24) is 0 Å². The van der Waals surface area contributed by atoms with E-state index in [0.29, 0.717) is 17.1 Å². The number of Topliss-reactive ketones (excluding diaryl/α,β-unsaturated/α-hetero) is 1. The molecule has 4 atom stereocenters. The number of rotatable bonds is 1. The van der Waals surface area contributed by atoms with Crippen LogP contribution < -0.4 is 0 Å². The zero-order chi connectivity index (χ0) is 11.9. The second-order valence-electron chi connectivity index (χ2n) is 6.90. The van der Waals surface area contributed by atoms with E-state index in [1.807, 2.05) is 0 Å². The van der Waals surface area contributed by atoms with Gasteiger partial charge in [-0.05, 0) is 62.2 Å². The highest BCUT2D eigenvalue weighted by atomic mass is 16.1. The van der Waals surface area contributed by atoms with Gasteiger partial charge in [-0.1, -0.05) is 20.8 Å². The minimum absolute atomic E-state index is 0.361. The predicted molar refractivity (Wildman–Crippen MR) is 67.2 cm³/mol. The standard InChI is InChI=1S/C15H26O/c1-10-5-6-12(11(2)16)7-8-14-13(10)9-15(14,3)4/h10,12-14H,5-9H2,1-4H3/t10-,12-,13+,14-/m1/s1. The Morgan fingerprint density at radius 2 is 1.75 bits per heavy atom. The van der Waals surface area contributed by atoms with E-state index in [1.54, 1.807) is 6.92 Å². The highest BCUT2D eigenvalue weighted by Gasteiger charge is 2.49. The Bertz CT molecular complexity index is 279. The van der Waals surface area contributed by atoms with Gasteiger partial charge in [0.25, 0.3) is 0 Å². The fraction of sp³-hybridized carbons (Fsp3) is 0.933. The minimum Gasteiger partial charge on any atom is -0.300 e. The van der Waals surface area contributed by atoms with Crippen LogP contribution in [0.3, 0.4) is 0 Å². The van der Waals surface area contributed by atoms with E-state index in [4.69, 9.17) is 0 Å². The number of carbonyl (C=O) groups excluding carboxylic acids is 1. The topological polar surface area (TPSA) is 17.1 Å². The van der Waals surface area contributed by atoms with Crippen LogP contribution in [0.25, 0.3) is 0 Å². The SMILES string of the molecule is CC(=O)[C@@H]1CC[C@@H](C)[C@@H]2CC(C)(C)[C@@H]2CC1. The smallest absolute Gasteiger partial charge is 0.132 e. The van der Waals surface area contributed by atoms with E-state index in [0.717, 1.165) is 30.6 Å². The van der Waals surface area contributed by atoms with Crippen LogP contribution in [0.1, 0.15) is 59.8 Å². The zero-order valence-electron chi connectivity index (χ0n) is 11.3. The number of ketones is 1. The summed E-state index contributed by atoms with van der Waals surface area (Å²) in [6.45, 7) is 8.99. The molecule has 2 saturated carbocycles. The largest absolute Gasteiger partial charge is 0.300 e. The molecule has 1 nitrogen and oxygen atoms in total. The van der Waals surface area contributed by atoms with Crippen molar-refractivity contribution in [3.63, 3.8) is 0 Å². The highest BCUT2D eigenvalue weighted by molar-refractivity contribution is 5.78. The van der Waals surface area contributed by atoms with Gasteiger partial charge in [-0.2, -0.15) is 0 Å². The van der Waals surface area contributed by atoms with Crippen LogP contribution in [0.2, 0.25) is 0 Å². The molecule has 0 aromatic rings. The summed E-state index contributed by atoms with van der Waals surface area (Å²) in [6.07, 6.45) is 6.24. The third-order valence-electron chi connectivity index (χ3n) is 5.38. The maximum absolute atomic E-state index is 11.5. The third kappa shape index (κ3) is 2.06. The van der Waals surface area contributed by atoms with Crippen molar-refractivity contribution < 1.29 is 4.79 Å². The Labute approximate surface area is 100.0 Å². The van der Waals surface area contributed by atoms with Gasteiger partial charge < -0.3 is 0 Å². The van der Waals surface area contributed by atoms with Crippen molar-refractivity contribution in [3.05, 3.63) is 0 Å². The van der Waals surface area contributed by atoms with E-state index >= 15 is 0 Å². The van der Waals surface area contributed by atoms with Crippen LogP contribution in [-0.2, 0) is 4.79 Å². The molecule has 92 valence electrons. The van der Waals surface area contributed by atoms with Crippen LogP contribution in [0.15, 0.2) is 0 Å². The maximum Gasteiger partial charge on any atom is 0.132 e. The van der Waals surface area contributed by atoms with E-state index in [9.17, 15) is 4.79 Å². The summed E-state index contributed by atoms with van der Waals surface area (Å²) in [5.74, 6) is 3.44. The Morgan fingerprint density at radius 1 is 1.12 bits per heavy atom. The third-order valence-corrected chi connectivity index (χ3v) is 5.38. The summed E-state index contributed by atoms with van der Waals surface area (Å²) in [4.78, 5) is 11.5. The number of hydrogen-bond acceptors (Lipinski definition) is 1. The highest BCUT2D eigenvalue weighted by Crippen LogP contribution is 2.57. The first-order chi connectivity index (χ1) is 7.42. The Hall–Kier alpha value is -0.330. The summed E-state index contributed by atoms with van der Waals surface area (Å²) in [5, 5.41) is 0. The molecule has 0 aliphatic heterocycles. The molecule has 0 spiro atoms. The summed E-state index contributed by atoms with van der Waals surface area (Å²) >= 11 is 0. The van der Waals surface area contributed by atoms with E-state index in [2.05, 4.69) is 20.8 Å². The van der Waals surface area contributed by atoms with Gasteiger partial charge in [0.15, 0.2) is 0 Å². The van der Waals surface area contributed by atoms with Gasteiger partial charge in [-0.3, -0.25) is 4.79 Å².